The van der Waals surface area contributed by atoms with Crippen molar-refractivity contribution in [3.63, 3.8) is 0 Å². The summed E-state index contributed by atoms with van der Waals surface area (Å²) in [5, 5.41) is 9.21. The van der Waals surface area contributed by atoms with Gasteiger partial charge >= 0.3 is 0 Å². The van der Waals surface area contributed by atoms with Crippen molar-refractivity contribution < 1.29 is 13.9 Å². The number of hydrogen-bond donors (Lipinski definition) is 2. The average Bonchev–Trinajstić information content (AvgIpc) is 2.16. The van der Waals surface area contributed by atoms with E-state index in [0.29, 0.717) is 5.56 Å². The minimum absolute atomic E-state index is 0.110. The van der Waals surface area contributed by atoms with Crippen molar-refractivity contribution in [3.8, 4) is 0 Å². The van der Waals surface area contributed by atoms with E-state index in [1.165, 1.54) is 25.1 Å². The maximum Gasteiger partial charge on any atom is 0.264 e. The molecule has 2 atom stereocenters. The molecule has 3 N–H and O–H groups in total. The van der Waals surface area contributed by atoms with Gasteiger partial charge in [-0.05, 0) is 12.5 Å². The zero-order chi connectivity index (χ0) is 10.7. The fourth-order valence-electron chi connectivity index (χ4n) is 1.27. The number of halogens is 2. The first kappa shape index (κ1) is 11.1. The fourth-order valence-corrected chi connectivity index (χ4v) is 1.27. The van der Waals surface area contributed by atoms with Crippen molar-refractivity contribution in [1.29, 1.82) is 0 Å². The molecule has 4 heteroatoms. The Morgan fingerprint density at radius 2 is 1.71 bits per heavy atom. The summed E-state index contributed by atoms with van der Waals surface area (Å²) in [5.74, 6) is 0. The third-order valence-electron chi connectivity index (χ3n) is 2.11. The second kappa shape index (κ2) is 4.48. The molecule has 0 saturated carbocycles. The first-order valence-corrected chi connectivity index (χ1v) is 4.34. The Balaban J connectivity index is 3.06. The van der Waals surface area contributed by atoms with Crippen LogP contribution in [0.15, 0.2) is 24.3 Å². The molecule has 0 heterocycles. The molecule has 1 aromatic carbocycles. The summed E-state index contributed by atoms with van der Waals surface area (Å²) in [7, 11) is 0. The maximum atomic E-state index is 12.5. The van der Waals surface area contributed by atoms with E-state index >= 15 is 0 Å². The third kappa shape index (κ3) is 2.27. The van der Waals surface area contributed by atoms with Gasteiger partial charge in [0, 0.05) is 5.56 Å². The molecule has 0 unspecified atom stereocenters. The molecule has 78 valence electrons. The van der Waals surface area contributed by atoms with E-state index in [9.17, 15) is 13.9 Å². The van der Waals surface area contributed by atoms with Crippen LogP contribution < -0.4 is 5.73 Å². The smallest absolute Gasteiger partial charge is 0.264 e. The summed E-state index contributed by atoms with van der Waals surface area (Å²) in [5.41, 5.74) is 5.79. The summed E-state index contributed by atoms with van der Waals surface area (Å²) < 4.78 is 25.0. The summed E-state index contributed by atoms with van der Waals surface area (Å²) in [6.07, 6.45) is -3.40. The SMILES string of the molecule is C[C@@H](O)[C@@H](N)c1ccccc1C(F)F. The molecular weight excluding hydrogens is 188 g/mol. The van der Waals surface area contributed by atoms with Crippen LogP contribution in [0.4, 0.5) is 8.78 Å². The first-order chi connectivity index (χ1) is 6.54. The Morgan fingerprint density at radius 3 is 2.14 bits per heavy atom. The van der Waals surface area contributed by atoms with Gasteiger partial charge in [-0.1, -0.05) is 24.3 Å². The highest BCUT2D eigenvalue weighted by Crippen LogP contribution is 2.27. The predicted molar refractivity (Wildman–Crippen MR) is 50.0 cm³/mol. The molecule has 1 rings (SSSR count). The van der Waals surface area contributed by atoms with Crippen LogP contribution >= 0.6 is 0 Å². The van der Waals surface area contributed by atoms with E-state index in [1.54, 1.807) is 6.07 Å². The predicted octanol–water partition coefficient (Wildman–Crippen LogP) is 2.00. The van der Waals surface area contributed by atoms with Crippen LogP contribution in [0, 0.1) is 0 Å². The number of nitrogens with two attached hydrogens (primary N) is 1. The van der Waals surface area contributed by atoms with Gasteiger partial charge in [-0.3, -0.25) is 0 Å². The van der Waals surface area contributed by atoms with E-state index in [-0.39, 0.29) is 5.56 Å². The molecule has 0 aliphatic heterocycles. The van der Waals surface area contributed by atoms with Gasteiger partial charge in [-0.15, -0.1) is 0 Å². The van der Waals surface area contributed by atoms with Gasteiger partial charge in [0.05, 0.1) is 12.1 Å². The van der Waals surface area contributed by atoms with Gasteiger partial charge < -0.3 is 10.8 Å². The lowest BCUT2D eigenvalue weighted by atomic mass is 9.98. The number of aliphatic hydroxyl groups excluding tert-OH is 1. The van der Waals surface area contributed by atoms with Gasteiger partial charge in [-0.25, -0.2) is 8.78 Å². The lowest BCUT2D eigenvalue weighted by Crippen LogP contribution is -2.24. The van der Waals surface area contributed by atoms with Crippen molar-refractivity contribution in [3.05, 3.63) is 35.4 Å². The number of benzene rings is 1. The number of hydrogen-bond acceptors (Lipinski definition) is 2. The average molecular weight is 201 g/mol. The summed E-state index contributed by atoms with van der Waals surface area (Å²) in [4.78, 5) is 0. The number of alkyl halides is 2. The zero-order valence-electron chi connectivity index (χ0n) is 7.82. The Labute approximate surface area is 81.4 Å². The lowest BCUT2D eigenvalue weighted by Gasteiger charge is -2.18. The van der Waals surface area contributed by atoms with Crippen LogP contribution in [0.5, 0.6) is 0 Å². The first-order valence-electron chi connectivity index (χ1n) is 4.34. The largest absolute Gasteiger partial charge is 0.391 e. The highest BCUT2D eigenvalue weighted by Gasteiger charge is 2.19. The highest BCUT2D eigenvalue weighted by atomic mass is 19.3. The number of rotatable bonds is 3. The minimum Gasteiger partial charge on any atom is -0.391 e. The second-order valence-corrected chi connectivity index (χ2v) is 3.20. The van der Waals surface area contributed by atoms with E-state index < -0.39 is 18.6 Å². The molecule has 0 aliphatic carbocycles. The Morgan fingerprint density at radius 1 is 1.21 bits per heavy atom. The molecule has 2 nitrogen and oxygen atoms in total. The van der Waals surface area contributed by atoms with Crippen LogP contribution in [-0.4, -0.2) is 11.2 Å². The summed E-state index contributed by atoms with van der Waals surface area (Å²) in [6, 6.07) is 5.23. The summed E-state index contributed by atoms with van der Waals surface area (Å²) >= 11 is 0. The third-order valence-corrected chi connectivity index (χ3v) is 2.11. The van der Waals surface area contributed by atoms with E-state index in [4.69, 9.17) is 5.73 Å². The van der Waals surface area contributed by atoms with E-state index in [0.717, 1.165) is 0 Å². The topological polar surface area (TPSA) is 46.2 Å². The quantitative estimate of drug-likeness (QED) is 0.785. The van der Waals surface area contributed by atoms with E-state index in [2.05, 4.69) is 0 Å². The van der Waals surface area contributed by atoms with Crippen LogP contribution in [0.2, 0.25) is 0 Å². The molecule has 0 aromatic heterocycles. The standard InChI is InChI=1S/C10H13F2NO/c1-6(14)9(13)7-4-2-3-5-8(7)10(11)12/h2-6,9-10,14H,13H2,1H3/t6-,9-/m1/s1. The molecule has 0 amide bonds. The van der Waals surface area contributed by atoms with Gasteiger partial charge in [0.1, 0.15) is 0 Å². The molecular formula is C10H13F2NO. The molecule has 0 spiro atoms. The molecule has 1 aromatic rings. The molecule has 0 bridgehead atoms. The maximum absolute atomic E-state index is 12.5. The summed E-state index contributed by atoms with van der Waals surface area (Å²) in [6.45, 7) is 1.48. The molecule has 0 aliphatic rings. The zero-order valence-corrected chi connectivity index (χ0v) is 7.82. The van der Waals surface area contributed by atoms with Gasteiger partial charge in [-0.2, -0.15) is 0 Å². The van der Waals surface area contributed by atoms with E-state index in [1.807, 2.05) is 0 Å². The van der Waals surface area contributed by atoms with Crippen LogP contribution in [0.25, 0.3) is 0 Å². The Hall–Kier alpha value is -1.00. The lowest BCUT2D eigenvalue weighted by molar-refractivity contribution is 0.141. The van der Waals surface area contributed by atoms with Crippen molar-refractivity contribution in [2.24, 2.45) is 5.73 Å². The molecule has 14 heavy (non-hydrogen) atoms. The van der Waals surface area contributed by atoms with Crippen molar-refractivity contribution in [2.75, 3.05) is 0 Å². The van der Waals surface area contributed by atoms with Gasteiger partial charge in [0.15, 0.2) is 0 Å². The Kier molecular flexibility index (Phi) is 3.55. The van der Waals surface area contributed by atoms with Crippen LogP contribution in [0.3, 0.4) is 0 Å². The normalized spacial score (nSPS) is 15.6. The second-order valence-electron chi connectivity index (χ2n) is 3.20. The van der Waals surface area contributed by atoms with Crippen molar-refractivity contribution in [2.45, 2.75) is 25.5 Å². The van der Waals surface area contributed by atoms with Gasteiger partial charge in [0.25, 0.3) is 6.43 Å². The molecule has 0 fully saturated rings. The molecule has 0 radical (unpaired) electrons. The minimum atomic E-state index is -2.56. The van der Waals surface area contributed by atoms with Crippen molar-refractivity contribution >= 4 is 0 Å². The van der Waals surface area contributed by atoms with Gasteiger partial charge in [0.2, 0.25) is 0 Å². The fraction of sp³-hybridized carbons (Fsp3) is 0.400. The monoisotopic (exact) mass is 201 g/mol. The Bertz CT molecular complexity index is 302. The molecule has 0 saturated heterocycles. The van der Waals surface area contributed by atoms with Crippen molar-refractivity contribution in [1.82, 2.24) is 0 Å². The number of aliphatic hydroxyl groups is 1. The highest BCUT2D eigenvalue weighted by molar-refractivity contribution is 5.31. The van der Waals surface area contributed by atoms with Crippen LogP contribution in [-0.2, 0) is 0 Å². The van der Waals surface area contributed by atoms with Crippen LogP contribution in [0.1, 0.15) is 30.5 Å².